The summed E-state index contributed by atoms with van der Waals surface area (Å²) in [6.07, 6.45) is 4.16. The van der Waals surface area contributed by atoms with Crippen molar-refractivity contribution in [2.75, 3.05) is 18.5 Å². The van der Waals surface area contributed by atoms with Crippen LogP contribution in [0.1, 0.15) is 18.5 Å². The van der Waals surface area contributed by atoms with Gasteiger partial charge in [-0.15, -0.1) is 5.54 Å². The second-order valence-corrected chi connectivity index (χ2v) is 10.7. The third kappa shape index (κ3) is 5.05. The molecule has 1 atom stereocenters. The van der Waals surface area contributed by atoms with Gasteiger partial charge in [0.2, 0.25) is 0 Å². The average molecular weight is 274 g/mol. The number of pyridine rings is 1. The molecule has 1 saturated heterocycles. The SMILES string of the molecule is C[Si](C)(C)C#Cc1ccc(NC2CCCOC2)cn1. The Morgan fingerprint density at radius 3 is 2.79 bits per heavy atom. The van der Waals surface area contributed by atoms with Crippen molar-refractivity contribution in [2.24, 2.45) is 0 Å². The molecule has 0 radical (unpaired) electrons. The van der Waals surface area contributed by atoms with Crippen molar-refractivity contribution in [1.82, 2.24) is 4.98 Å². The van der Waals surface area contributed by atoms with Gasteiger partial charge in [0.25, 0.3) is 0 Å². The van der Waals surface area contributed by atoms with Crippen molar-refractivity contribution < 1.29 is 4.74 Å². The first kappa shape index (κ1) is 14.1. The molecule has 1 aliphatic heterocycles. The summed E-state index contributed by atoms with van der Waals surface area (Å²) in [5.74, 6) is 3.16. The molecule has 4 heteroatoms. The molecular weight excluding hydrogens is 252 g/mol. The quantitative estimate of drug-likeness (QED) is 0.665. The minimum atomic E-state index is -1.32. The number of hydrogen-bond acceptors (Lipinski definition) is 3. The Balaban J connectivity index is 1.95. The van der Waals surface area contributed by atoms with Gasteiger partial charge in [0.15, 0.2) is 0 Å². The lowest BCUT2D eigenvalue weighted by Crippen LogP contribution is -2.29. The summed E-state index contributed by atoms with van der Waals surface area (Å²) in [4.78, 5) is 4.39. The van der Waals surface area contributed by atoms with Crippen molar-refractivity contribution in [3.8, 4) is 11.5 Å². The summed E-state index contributed by atoms with van der Waals surface area (Å²) in [5.41, 5.74) is 5.23. The number of hydrogen-bond donors (Lipinski definition) is 1. The van der Waals surface area contributed by atoms with Crippen LogP contribution in [-0.4, -0.2) is 32.3 Å². The zero-order valence-electron chi connectivity index (χ0n) is 12.0. The van der Waals surface area contributed by atoms with Crippen LogP contribution in [0.5, 0.6) is 0 Å². The highest BCUT2D eigenvalue weighted by Crippen LogP contribution is 2.13. The van der Waals surface area contributed by atoms with E-state index in [0.29, 0.717) is 6.04 Å². The van der Waals surface area contributed by atoms with E-state index in [1.807, 2.05) is 12.3 Å². The van der Waals surface area contributed by atoms with Gasteiger partial charge in [-0.05, 0) is 25.0 Å². The highest BCUT2D eigenvalue weighted by Gasteiger charge is 2.13. The lowest BCUT2D eigenvalue weighted by atomic mass is 10.1. The van der Waals surface area contributed by atoms with Crippen LogP contribution in [0.4, 0.5) is 5.69 Å². The van der Waals surface area contributed by atoms with E-state index in [-0.39, 0.29) is 0 Å². The van der Waals surface area contributed by atoms with Crippen LogP contribution in [0.15, 0.2) is 18.3 Å². The van der Waals surface area contributed by atoms with Gasteiger partial charge < -0.3 is 10.1 Å². The molecule has 1 N–H and O–H groups in total. The van der Waals surface area contributed by atoms with E-state index >= 15 is 0 Å². The summed E-state index contributed by atoms with van der Waals surface area (Å²) in [6.45, 7) is 8.38. The Morgan fingerprint density at radius 2 is 2.21 bits per heavy atom. The molecule has 2 heterocycles. The predicted molar refractivity (Wildman–Crippen MR) is 81.9 cm³/mol. The second kappa shape index (κ2) is 6.22. The van der Waals surface area contributed by atoms with E-state index in [1.165, 1.54) is 0 Å². The van der Waals surface area contributed by atoms with Crippen LogP contribution >= 0.6 is 0 Å². The number of aromatic nitrogens is 1. The van der Waals surface area contributed by atoms with Crippen LogP contribution in [0.25, 0.3) is 0 Å². The molecule has 0 saturated carbocycles. The summed E-state index contributed by atoms with van der Waals surface area (Å²) in [7, 11) is -1.32. The van der Waals surface area contributed by atoms with Crippen molar-refractivity contribution in [3.63, 3.8) is 0 Å². The smallest absolute Gasteiger partial charge is 0.129 e. The largest absolute Gasteiger partial charge is 0.379 e. The average Bonchev–Trinajstić information content (AvgIpc) is 2.38. The van der Waals surface area contributed by atoms with Crippen molar-refractivity contribution in [1.29, 1.82) is 0 Å². The van der Waals surface area contributed by atoms with Crippen LogP contribution in [-0.2, 0) is 4.74 Å². The fraction of sp³-hybridized carbons (Fsp3) is 0.533. The van der Waals surface area contributed by atoms with E-state index < -0.39 is 8.07 Å². The molecule has 102 valence electrons. The second-order valence-electron chi connectivity index (χ2n) is 5.99. The Bertz CT molecular complexity index is 462. The van der Waals surface area contributed by atoms with Gasteiger partial charge in [-0.3, -0.25) is 0 Å². The molecule has 19 heavy (non-hydrogen) atoms. The van der Waals surface area contributed by atoms with Crippen molar-refractivity contribution >= 4 is 13.8 Å². The first-order valence-electron chi connectivity index (χ1n) is 6.86. The van der Waals surface area contributed by atoms with Gasteiger partial charge in [0.1, 0.15) is 13.8 Å². The van der Waals surface area contributed by atoms with E-state index in [2.05, 4.69) is 47.5 Å². The van der Waals surface area contributed by atoms with Crippen LogP contribution < -0.4 is 5.32 Å². The maximum Gasteiger partial charge on any atom is 0.129 e. The zero-order valence-corrected chi connectivity index (χ0v) is 13.0. The standard InChI is InChI=1S/C15H22N2OSi/c1-19(2,3)10-8-13-6-7-14(11-16-13)17-15-5-4-9-18-12-15/h6-7,11,15,17H,4-5,9,12H2,1-3H3. The summed E-state index contributed by atoms with van der Waals surface area (Å²) in [5, 5.41) is 3.45. The molecule has 1 aromatic heterocycles. The molecule has 1 unspecified atom stereocenters. The van der Waals surface area contributed by atoms with E-state index in [4.69, 9.17) is 4.74 Å². The van der Waals surface area contributed by atoms with Gasteiger partial charge in [0.05, 0.1) is 18.5 Å². The molecule has 1 aromatic rings. The molecule has 0 amide bonds. The van der Waals surface area contributed by atoms with Gasteiger partial charge in [-0.2, -0.15) is 0 Å². The third-order valence-corrected chi connectivity index (χ3v) is 3.74. The minimum absolute atomic E-state index is 0.412. The maximum atomic E-state index is 5.45. The molecule has 1 aliphatic rings. The number of nitrogens with zero attached hydrogens (tertiary/aromatic N) is 1. The predicted octanol–water partition coefficient (Wildman–Crippen LogP) is 2.90. The third-order valence-electron chi connectivity index (χ3n) is 2.86. The lowest BCUT2D eigenvalue weighted by Gasteiger charge is -2.23. The Labute approximate surface area is 116 Å². The molecule has 0 spiro atoms. The van der Waals surface area contributed by atoms with Gasteiger partial charge in [-0.1, -0.05) is 25.6 Å². The molecular formula is C15H22N2OSi. The Hall–Kier alpha value is -1.31. The molecule has 1 fully saturated rings. The monoisotopic (exact) mass is 274 g/mol. The van der Waals surface area contributed by atoms with E-state index in [9.17, 15) is 0 Å². The van der Waals surface area contributed by atoms with Crippen LogP contribution in [0, 0.1) is 11.5 Å². The molecule has 0 aromatic carbocycles. The number of rotatable bonds is 2. The Kier molecular flexibility index (Phi) is 4.62. The van der Waals surface area contributed by atoms with Crippen molar-refractivity contribution in [3.05, 3.63) is 24.0 Å². The highest BCUT2D eigenvalue weighted by atomic mass is 28.3. The van der Waals surface area contributed by atoms with Crippen molar-refractivity contribution in [2.45, 2.75) is 38.5 Å². The van der Waals surface area contributed by atoms with Gasteiger partial charge in [0, 0.05) is 12.6 Å². The van der Waals surface area contributed by atoms with Crippen LogP contribution in [0.2, 0.25) is 19.6 Å². The fourth-order valence-corrected chi connectivity index (χ4v) is 2.40. The highest BCUT2D eigenvalue weighted by molar-refractivity contribution is 6.83. The van der Waals surface area contributed by atoms with E-state index in [1.54, 1.807) is 0 Å². The number of nitrogens with one attached hydrogen (secondary N) is 1. The van der Waals surface area contributed by atoms with E-state index in [0.717, 1.165) is 37.4 Å². The molecule has 0 bridgehead atoms. The maximum absolute atomic E-state index is 5.45. The van der Waals surface area contributed by atoms with Gasteiger partial charge >= 0.3 is 0 Å². The van der Waals surface area contributed by atoms with Crippen LogP contribution in [0.3, 0.4) is 0 Å². The minimum Gasteiger partial charge on any atom is -0.379 e. The fourth-order valence-electron chi connectivity index (χ4n) is 1.89. The number of anilines is 1. The zero-order chi connectivity index (χ0) is 13.7. The first-order chi connectivity index (χ1) is 9.03. The van der Waals surface area contributed by atoms with Gasteiger partial charge in [-0.25, -0.2) is 4.98 Å². The molecule has 2 rings (SSSR count). The Morgan fingerprint density at radius 1 is 1.37 bits per heavy atom. The normalized spacial score (nSPS) is 19.4. The summed E-state index contributed by atoms with van der Waals surface area (Å²) < 4.78 is 5.45. The lowest BCUT2D eigenvalue weighted by molar-refractivity contribution is 0.0876. The number of ether oxygens (including phenoxy) is 1. The first-order valence-corrected chi connectivity index (χ1v) is 10.4. The molecule has 3 nitrogen and oxygen atoms in total. The topological polar surface area (TPSA) is 34.1 Å². The summed E-state index contributed by atoms with van der Waals surface area (Å²) >= 11 is 0. The summed E-state index contributed by atoms with van der Waals surface area (Å²) in [6, 6.07) is 4.45. The molecule has 0 aliphatic carbocycles.